The molecule has 1 saturated carbocycles. The number of rotatable bonds is 4. The molecular weight excluding hydrogens is 295 g/mol. The van der Waals surface area contributed by atoms with Crippen LogP contribution in [0.15, 0.2) is 42.9 Å². The first-order valence-electron chi connectivity index (χ1n) is 7.82. The number of hydrogen-bond acceptors (Lipinski definition) is 4. The summed E-state index contributed by atoms with van der Waals surface area (Å²) in [6.07, 6.45) is 7.44. The molecule has 1 aliphatic heterocycles. The van der Waals surface area contributed by atoms with E-state index >= 15 is 0 Å². The van der Waals surface area contributed by atoms with Gasteiger partial charge in [-0.1, -0.05) is 6.07 Å². The maximum Gasteiger partial charge on any atom is 0.225 e. The third kappa shape index (κ3) is 2.65. The molecule has 1 amide bonds. The lowest BCUT2D eigenvalue weighted by molar-refractivity contribution is -0.129. The van der Waals surface area contributed by atoms with E-state index in [0.29, 0.717) is 12.5 Å². The van der Waals surface area contributed by atoms with Crippen LogP contribution in [0.5, 0.6) is 0 Å². The molecule has 1 N–H and O–H groups in total. The van der Waals surface area contributed by atoms with Crippen LogP contribution >= 0.6 is 0 Å². The van der Waals surface area contributed by atoms with E-state index in [1.165, 1.54) is 6.07 Å². The van der Waals surface area contributed by atoms with Crippen LogP contribution in [0.1, 0.15) is 30.9 Å². The van der Waals surface area contributed by atoms with E-state index < -0.39 is 5.82 Å². The molecule has 2 aromatic rings. The zero-order valence-electron chi connectivity index (χ0n) is 12.5. The Balaban J connectivity index is 1.67. The number of amides is 1. The first-order valence-corrected chi connectivity index (χ1v) is 7.82. The average Bonchev–Trinajstić information content (AvgIpc) is 3.34. The maximum absolute atomic E-state index is 13.9. The highest BCUT2D eigenvalue weighted by Gasteiger charge is 2.47. The van der Waals surface area contributed by atoms with Gasteiger partial charge in [-0.15, -0.1) is 0 Å². The summed E-state index contributed by atoms with van der Waals surface area (Å²) in [7, 11) is 0. The van der Waals surface area contributed by atoms with Gasteiger partial charge in [0.05, 0.1) is 12.1 Å². The van der Waals surface area contributed by atoms with Crippen LogP contribution in [0.25, 0.3) is 0 Å². The summed E-state index contributed by atoms with van der Waals surface area (Å²) >= 11 is 0. The minimum absolute atomic E-state index is 0.107. The van der Waals surface area contributed by atoms with E-state index in [9.17, 15) is 9.18 Å². The highest BCUT2D eigenvalue weighted by atomic mass is 19.1. The molecular formula is C17H17FN4O. The zero-order chi connectivity index (χ0) is 15.8. The van der Waals surface area contributed by atoms with Gasteiger partial charge in [0.15, 0.2) is 11.6 Å². The Morgan fingerprint density at radius 1 is 1.22 bits per heavy atom. The summed E-state index contributed by atoms with van der Waals surface area (Å²) in [5, 5.41) is 3.12. The van der Waals surface area contributed by atoms with Crippen LogP contribution in [-0.2, 0) is 4.79 Å². The number of halogens is 1. The molecule has 6 heteroatoms. The summed E-state index contributed by atoms with van der Waals surface area (Å²) < 4.78 is 13.9. The van der Waals surface area contributed by atoms with Crippen molar-refractivity contribution in [2.24, 2.45) is 0 Å². The van der Waals surface area contributed by atoms with Gasteiger partial charge in [0, 0.05) is 31.1 Å². The highest BCUT2D eigenvalue weighted by molar-refractivity contribution is 5.82. The maximum atomic E-state index is 13.9. The second-order valence-corrected chi connectivity index (χ2v) is 6.05. The third-order valence-corrected chi connectivity index (χ3v) is 4.41. The van der Waals surface area contributed by atoms with Crippen molar-refractivity contribution in [3.05, 3.63) is 54.2 Å². The predicted molar refractivity (Wildman–Crippen MR) is 83.1 cm³/mol. The van der Waals surface area contributed by atoms with Crippen LogP contribution in [0.4, 0.5) is 10.2 Å². The quantitative estimate of drug-likeness (QED) is 0.942. The molecule has 0 aromatic carbocycles. The van der Waals surface area contributed by atoms with Crippen molar-refractivity contribution >= 4 is 11.7 Å². The number of pyridine rings is 2. The monoisotopic (exact) mass is 312 g/mol. The number of hydrogen-bond donors (Lipinski definition) is 1. The standard InChI is InChI=1S/C17H17FN4O/c18-13-4-2-8-20-17(13)21-14-9-15(23)22(12-5-6-12)16(14)11-3-1-7-19-10-11/h1-4,7-8,10,12,14,16H,5-6,9H2,(H,20,21)/t14-,16+/m1/s1. The zero-order valence-corrected chi connectivity index (χ0v) is 12.5. The van der Waals surface area contributed by atoms with E-state index in [0.717, 1.165) is 18.4 Å². The molecule has 0 radical (unpaired) electrons. The second kappa shape index (κ2) is 5.61. The summed E-state index contributed by atoms with van der Waals surface area (Å²) in [5.41, 5.74) is 0.971. The van der Waals surface area contributed by atoms with Crippen molar-refractivity contribution < 1.29 is 9.18 Å². The molecule has 1 aliphatic carbocycles. The van der Waals surface area contributed by atoms with Gasteiger partial charge in [0.25, 0.3) is 0 Å². The van der Waals surface area contributed by atoms with E-state index in [2.05, 4.69) is 15.3 Å². The number of aromatic nitrogens is 2. The van der Waals surface area contributed by atoms with Gasteiger partial charge in [0.1, 0.15) is 0 Å². The molecule has 2 aliphatic rings. The fraction of sp³-hybridized carbons (Fsp3) is 0.353. The Kier molecular flexibility index (Phi) is 3.44. The molecule has 0 unspecified atom stereocenters. The fourth-order valence-corrected chi connectivity index (χ4v) is 3.28. The van der Waals surface area contributed by atoms with Gasteiger partial charge in [-0.05, 0) is 36.6 Å². The van der Waals surface area contributed by atoms with E-state index in [1.807, 2.05) is 17.0 Å². The largest absolute Gasteiger partial charge is 0.362 e. The van der Waals surface area contributed by atoms with Crippen molar-refractivity contribution in [2.45, 2.75) is 37.4 Å². The number of likely N-dealkylation sites (tertiary alicyclic amines) is 1. The lowest BCUT2D eigenvalue weighted by Crippen LogP contribution is -2.34. The third-order valence-electron chi connectivity index (χ3n) is 4.41. The SMILES string of the molecule is O=C1C[C@@H](Nc2ncccc2F)[C@H](c2cccnc2)N1C1CC1. The molecule has 2 aromatic heterocycles. The number of carbonyl (C=O) groups excluding carboxylic acids is 1. The highest BCUT2D eigenvalue weighted by Crippen LogP contribution is 2.42. The molecule has 23 heavy (non-hydrogen) atoms. The Morgan fingerprint density at radius 2 is 2.04 bits per heavy atom. The van der Waals surface area contributed by atoms with Crippen molar-refractivity contribution in [3.63, 3.8) is 0 Å². The first-order chi connectivity index (χ1) is 11.2. The Bertz CT molecular complexity index is 720. The minimum Gasteiger partial charge on any atom is -0.362 e. The smallest absolute Gasteiger partial charge is 0.225 e. The van der Waals surface area contributed by atoms with Gasteiger partial charge in [0.2, 0.25) is 5.91 Å². The number of carbonyl (C=O) groups is 1. The molecule has 4 rings (SSSR count). The molecule has 2 atom stereocenters. The second-order valence-electron chi connectivity index (χ2n) is 6.05. The van der Waals surface area contributed by atoms with Crippen molar-refractivity contribution in [1.82, 2.24) is 14.9 Å². The number of nitrogens with zero attached hydrogens (tertiary/aromatic N) is 3. The van der Waals surface area contributed by atoms with Crippen LogP contribution in [0.2, 0.25) is 0 Å². The Morgan fingerprint density at radius 3 is 2.74 bits per heavy atom. The average molecular weight is 312 g/mol. The van der Waals surface area contributed by atoms with Crippen molar-refractivity contribution in [3.8, 4) is 0 Å². The predicted octanol–water partition coefficient (Wildman–Crippen LogP) is 2.53. The van der Waals surface area contributed by atoms with Crippen LogP contribution in [0, 0.1) is 5.82 Å². The number of nitrogens with one attached hydrogen (secondary N) is 1. The van der Waals surface area contributed by atoms with Crippen LogP contribution < -0.4 is 5.32 Å². The van der Waals surface area contributed by atoms with Gasteiger partial charge in [-0.25, -0.2) is 9.37 Å². The van der Waals surface area contributed by atoms with E-state index in [-0.39, 0.29) is 23.8 Å². The summed E-state index contributed by atoms with van der Waals surface area (Å²) in [6.45, 7) is 0. The molecule has 0 spiro atoms. The molecule has 1 saturated heterocycles. The Labute approximate surface area is 133 Å². The molecule has 5 nitrogen and oxygen atoms in total. The summed E-state index contributed by atoms with van der Waals surface area (Å²) in [6, 6.07) is 6.70. The van der Waals surface area contributed by atoms with Gasteiger partial charge < -0.3 is 10.2 Å². The lowest BCUT2D eigenvalue weighted by atomic mass is 10.0. The molecule has 2 fully saturated rings. The molecule has 0 bridgehead atoms. The summed E-state index contributed by atoms with van der Waals surface area (Å²) in [5.74, 6) is -0.109. The normalized spacial score (nSPS) is 24.0. The minimum atomic E-state index is -0.408. The van der Waals surface area contributed by atoms with Gasteiger partial charge >= 0.3 is 0 Å². The summed E-state index contributed by atoms with van der Waals surface area (Å²) in [4.78, 5) is 22.6. The van der Waals surface area contributed by atoms with E-state index in [1.54, 1.807) is 24.7 Å². The van der Waals surface area contributed by atoms with E-state index in [4.69, 9.17) is 0 Å². The number of anilines is 1. The Hall–Kier alpha value is -2.50. The fourth-order valence-electron chi connectivity index (χ4n) is 3.28. The van der Waals surface area contributed by atoms with Crippen molar-refractivity contribution in [2.75, 3.05) is 5.32 Å². The first kappa shape index (κ1) is 14.1. The van der Waals surface area contributed by atoms with Crippen LogP contribution in [-0.4, -0.2) is 32.9 Å². The lowest BCUT2D eigenvalue weighted by Gasteiger charge is -2.29. The topological polar surface area (TPSA) is 58.1 Å². The van der Waals surface area contributed by atoms with Gasteiger partial charge in [-0.2, -0.15) is 0 Å². The van der Waals surface area contributed by atoms with Crippen molar-refractivity contribution in [1.29, 1.82) is 0 Å². The molecule has 3 heterocycles. The molecule has 118 valence electrons. The van der Waals surface area contributed by atoms with Crippen LogP contribution in [0.3, 0.4) is 0 Å². The van der Waals surface area contributed by atoms with Gasteiger partial charge in [-0.3, -0.25) is 9.78 Å².